The van der Waals surface area contributed by atoms with E-state index < -0.39 is 14.9 Å². The van der Waals surface area contributed by atoms with Crippen molar-refractivity contribution in [3.63, 3.8) is 0 Å². The lowest BCUT2D eigenvalue weighted by atomic mass is 10.1. The Bertz CT molecular complexity index is 1240. The first-order valence-electron chi connectivity index (χ1n) is 8.87. The number of anilines is 1. The van der Waals surface area contributed by atoms with Crippen molar-refractivity contribution in [3.05, 3.63) is 106 Å². The Morgan fingerprint density at radius 2 is 1.61 bits per heavy atom. The fourth-order valence-corrected chi connectivity index (χ4v) is 3.06. The highest BCUT2D eigenvalue weighted by molar-refractivity contribution is 7.89. The monoisotopic (exact) mass is 440 g/mol. The van der Waals surface area contributed by atoms with Crippen molar-refractivity contribution in [2.75, 3.05) is 5.43 Å². The van der Waals surface area contributed by atoms with E-state index in [1.165, 1.54) is 48.5 Å². The van der Waals surface area contributed by atoms with E-state index in [9.17, 15) is 22.9 Å². The fraction of sp³-hybridized carbons (Fsp3) is 0. The van der Waals surface area contributed by atoms with E-state index in [0.29, 0.717) is 17.0 Å². The summed E-state index contributed by atoms with van der Waals surface area (Å²) in [6.07, 6.45) is 3.38. The molecule has 0 aromatic heterocycles. The first-order valence-corrected chi connectivity index (χ1v) is 10.4. The number of nitrogens with two attached hydrogens (primary N) is 1. The molecular formula is C21H17FN4O4S. The molecule has 3 aromatic carbocycles. The number of benzene rings is 3. The molecule has 0 aliphatic rings. The summed E-state index contributed by atoms with van der Waals surface area (Å²) < 4.78 is 35.8. The Labute approximate surface area is 177 Å². The second-order valence-electron chi connectivity index (χ2n) is 6.37. The molecule has 0 aliphatic heterocycles. The van der Waals surface area contributed by atoms with Crippen LogP contribution in [0.2, 0.25) is 0 Å². The topological polar surface area (TPSA) is 128 Å². The lowest BCUT2D eigenvalue weighted by molar-refractivity contribution is -0.384. The summed E-state index contributed by atoms with van der Waals surface area (Å²) in [5.41, 5.74) is 5.02. The van der Waals surface area contributed by atoms with Gasteiger partial charge in [-0.15, -0.1) is 0 Å². The highest BCUT2D eigenvalue weighted by Gasteiger charge is 2.08. The molecule has 0 atom stereocenters. The second-order valence-corrected chi connectivity index (χ2v) is 7.93. The van der Waals surface area contributed by atoms with Gasteiger partial charge in [-0.25, -0.2) is 17.9 Å². The van der Waals surface area contributed by atoms with Crippen molar-refractivity contribution >= 4 is 33.2 Å². The number of hydrogen-bond acceptors (Lipinski definition) is 6. The standard InChI is InChI=1S/C21H17FN4O4S/c22-17-6-1-15(2-7-17)3-14-21(16-4-10-19(11-5-16)26(27)28)25-24-18-8-12-20(13-9-18)31(23,29)30/h1-14,24H,(H2,23,29,30)/b14-3+,25-21-. The minimum Gasteiger partial charge on any atom is -0.278 e. The quantitative estimate of drug-likeness (QED) is 0.327. The van der Waals surface area contributed by atoms with E-state index in [0.717, 1.165) is 5.56 Å². The zero-order valence-corrected chi connectivity index (χ0v) is 16.8. The van der Waals surface area contributed by atoms with Gasteiger partial charge in [0.2, 0.25) is 10.0 Å². The Morgan fingerprint density at radius 1 is 1.00 bits per heavy atom. The first-order chi connectivity index (χ1) is 14.7. The van der Waals surface area contributed by atoms with Gasteiger partial charge in [0.05, 0.1) is 21.2 Å². The lowest BCUT2D eigenvalue weighted by Gasteiger charge is -2.06. The van der Waals surface area contributed by atoms with E-state index >= 15 is 0 Å². The fourth-order valence-electron chi connectivity index (χ4n) is 2.54. The van der Waals surface area contributed by atoms with Gasteiger partial charge >= 0.3 is 0 Å². The molecule has 0 fully saturated rings. The van der Waals surface area contributed by atoms with Gasteiger partial charge in [0.25, 0.3) is 5.69 Å². The van der Waals surface area contributed by atoms with Crippen LogP contribution in [0.3, 0.4) is 0 Å². The number of nitrogens with one attached hydrogen (secondary N) is 1. The molecule has 8 nitrogen and oxygen atoms in total. The van der Waals surface area contributed by atoms with Crippen LogP contribution in [0.5, 0.6) is 0 Å². The van der Waals surface area contributed by atoms with Crippen LogP contribution < -0.4 is 10.6 Å². The Kier molecular flexibility index (Phi) is 6.53. The van der Waals surface area contributed by atoms with Crippen molar-refractivity contribution in [2.45, 2.75) is 4.90 Å². The summed E-state index contributed by atoms with van der Waals surface area (Å²) in [4.78, 5) is 10.4. The number of primary sulfonamides is 1. The molecule has 3 N–H and O–H groups in total. The maximum absolute atomic E-state index is 13.1. The second kappa shape index (κ2) is 9.28. The Hall–Kier alpha value is -3.89. The molecule has 0 aliphatic carbocycles. The Balaban J connectivity index is 1.90. The van der Waals surface area contributed by atoms with Gasteiger partial charge in [0.15, 0.2) is 0 Å². The van der Waals surface area contributed by atoms with Gasteiger partial charge in [-0.05, 0) is 60.2 Å². The van der Waals surface area contributed by atoms with Crippen molar-refractivity contribution in [2.24, 2.45) is 10.2 Å². The number of sulfonamides is 1. The predicted octanol–water partition coefficient (Wildman–Crippen LogP) is 3.91. The van der Waals surface area contributed by atoms with E-state index in [4.69, 9.17) is 5.14 Å². The van der Waals surface area contributed by atoms with Gasteiger partial charge in [-0.3, -0.25) is 15.5 Å². The molecule has 0 amide bonds. The van der Waals surface area contributed by atoms with Crippen LogP contribution in [0.15, 0.2) is 88.9 Å². The number of nitro groups is 1. The van der Waals surface area contributed by atoms with Crippen molar-refractivity contribution in [1.29, 1.82) is 0 Å². The average molecular weight is 440 g/mol. The molecule has 0 spiro atoms. The van der Waals surface area contributed by atoms with Crippen LogP contribution in [0.4, 0.5) is 15.8 Å². The molecule has 0 radical (unpaired) electrons. The zero-order chi connectivity index (χ0) is 22.4. The number of hydrogen-bond donors (Lipinski definition) is 2. The van der Waals surface area contributed by atoms with Crippen LogP contribution in [-0.4, -0.2) is 19.1 Å². The molecule has 0 bridgehead atoms. The lowest BCUT2D eigenvalue weighted by Crippen LogP contribution is -2.11. The molecule has 3 rings (SSSR count). The Morgan fingerprint density at radius 3 is 2.16 bits per heavy atom. The summed E-state index contributed by atoms with van der Waals surface area (Å²) in [6.45, 7) is 0. The number of nitro benzene ring substituents is 1. The maximum atomic E-state index is 13.1. The molecular weight excluding hydrogens is 423 g/mol. The van der Waals surface area contributed by atoms with E-state index in [1.807, 2.05) is 0 Å². The predicted molar refractivity (Wildman–Crippen MR) is 117 cm³/mol. The summed E-state index contributed by atoms with van der Waals surface area (Å²) in [5, 5.41) is 20.3. The number of nitrogens with zero attached hydrogens (tertiary/aromatic N) is 2. The van der Waals surface area contributed by atoms with Crippen LogP contribution in [-0.2, 0) is 10.0 Å². The number of halogens is 1. The molecule has 0 heterocycles. The van der Waals surface area contributed by atoms with E-state index in [1.54, 1.807) is 36.4 Å². The van der Waals surface area contributed by atoms with Crippen LogP contribution in [0, 0.1) is 15.9 Å². The smallest absolute Gasteiger partial charge is 0.269 e. The molecule has 0 saturated carbocycles. The highest BCUT2D eigenvalue weighted by atomic mass is 32.2. The average Bonchev–Trinajstić information content (AvgIpc) is 2.75. The summed E-state index contributed by atoms with van der Waals surface area (Å²) in [6, 6.07) is 17.4. The highest BCUT2D eigenvalue weighted by Crippen LogP contribution is 2.16. The van der Waals surface area contributed by atoms with E-state index in [-0.39, 0.29) is 16.4 Å². The molecule has 3 aromatic rings. The zero-order valence-electron chi connectivity index (χ0n) is 16.0. The molecule has 31 heavy (non-hydrogen) atoms. The summed E-state index contributed by atoms with van der Waals surface area (Å²) in [5.74, 6) is -0.356. The number of non-ortho nitro benzene ring substituents is 1. The van der Waals surface area contributed by atoms with Crippen molar-refractivity contribution in [3.8, 4) is 0 Å². The number of allylic oxidation sites excluding steroid dienone is 1. The minimum absolute atomic E-state index is 0.0335. The third-order valence-electron chi connectivity index (χ3n) is 4.17. The molecule has 0 unspecified atom stereocenters. The summed E-state index contributed by atoms with van der Waals surface area (Å²) in [7, 11) is -3.80. The van der Waals surface area contributed by atoms with Crippen LogP contribution in [0.1, 0.15) is 11.1 Å². The van der Waals surface area contributed by atoms with Gasteiger partial charge in [-0.2, -0.15) is 5.10 Å². The van der Waals surface area contributed by atoms with Gasteiger partial charge in [0.1, 0.15) is 5.82 Å². The normalized spacial score (nSPS) is 12.1. The SMILES string of the molecule is NS(=O)(=O)c1ccc(N/N=C(/C=C/c2ccc(F)cc2)c2ccc([N+](=O)[O-])cc2)cc1. The van der Waals surface area contributed by atoms with Crippen LogP contribution >= 0.6 is 0 Å². The first kappa shape index (κ1) is 21.8. The molecule has 0 saturated heterocycles. The van der Waals surface area contributed by atoms with E-state index in [2.05, 4.69) is 10.5 Å². The third kappa shape index (κ3) is 6.04. The minimum atomic E-state index is -3.80. The number of hydrazone groups is 1. The van der Waals surface area contributed by atoms with Crippen molar-refractivity contribution in [1.82, 2.24) is 0 Å². The van der Waals surface area contributed by atoms with Gasteiger partial charge in [0, 0.05) is 17.7 Å². The summed E-state index contributed by atoms with van der Waals surface area (Å²) >= 11 is 0. The van der Waals surface area contributed by atoms with Gasteiger partial charge < -0.3 is 0 Å². The van der Waals surface area contributed by atoms with Gasteiger partial charge in [-0.1, -0.05) is 18.2 Å². The molecule has 10 heteroatoms. The van der Waals surface area contributed by atoms with Crippen molar-refractivity contribution < 1.29 is 17.7 Å². The number of rotatable bonds is 7. The largest absolute Gasteiger partial charge is 0.278 e. The maximum Gasteiger partial charge on any atom is 0.269 e. The molecule has 158 valence electrons. The van der Waals surface area contributed by atoms with Crippen LogP contribution in [0.25, 0.3) is 6.08 Å². The third-order valence-corrected chi connectivity index (χ3v) is 5.10.